The smallest absolute Gasteiger partial charge is 0.296 e. The van der Waals surface area contributed by atoms with Gasteiger partial charge < -0.3 is 9.84 Å². The number of hydrogen-bond acceptors (Lipinski definition) is 8. The molecule has 1 atom stereocenters. The Morgan fingerprint density at radius 3 is 2.52 bits per heavy atom. The number of allylic oxidation sites excluding steroid dienone is 1. The SMILES string of the molecule is C=CCOc1ccc(C2C(C(=O)C=Cc3ccccc3)=C(O)C(=O)N2c2nnc(SCc3cccc4ccccc34)s2)cc1. The summed E-state index contributed by atoms with van der Waals surface area (Å²) < 4.78 is 6.28. The lowest BCUT2D eigenvalue weighted by Crippen LogP contribution is -2.30. The van der Waals surface area contributed by atoms with Gasteiger partial charge in [0.25, 0.3) is 5.91 Å². The molecule has 1 N–H and O–H groups in total. The van der Waals surface area contributed by atoms with E-state index in [0.717, 1.165) is 16.5 Å². The van der Waals surface area contributed by atoms with Gasteiger partial charge in [0.2, 0.25) is 5.13 Å². The van der Waals surface area contributed by atoms with E-state index in [1.165, 1.54) is 39.5 Å². The maximum atomic E-state index is 13.6. The molecule has 0 spiro atoms. The van der Waals surface area contributed by atoms with Crippen molar-refractivity contribution >= 4 is 56.8 Å². The molecule has 0 radical (unpaired) electrons. The highest BCUT2D eigenvalue weighted by Crippen LogP contribution is 2.43. The van der Waals surface area contributed by atoms with Crippen LogP contribution in [0, 0.1) is 0 Å². The fraction of sp³-hybridized carbons (Fsp3) is 0.0857. The molecular weight excluding hydrogens is 591 g/mol. The Labute approximate surface area is 262 Å². The van der Waals surface area contributed by atoms with Crippen molar-refractivity contribution in [3.63, 3.8) is 0 Å². The number of amides is 1. The van der Waals surface area contributed by atoms with Crippen molar-refractivity contribution in [3.8, 4) is 5.75 Å². The molecule has 1 aliphatic heterocycles. The van der Waals surface area contributed by atoms with Gasteiger partial charge in [-0.05, 0) is 45.7 Å². The molecule has 1 unspecified atom stereocenters. The van der Waals surface area contributed by atoms with Crippen LogP contribution in [0.25, 0.3) is 16.8 Å². The fourth-order valence-corrected chi connectivity index (χ4v) is 6.88. The summed E-state index contributed by atoms with van der Waals surface area (Å²) in [6.45, 7) is 4.01. The summed E-state index contributed by atoms with van der Waals surface area (Å²) in [5.74, 6) is -0.520. The van der Waals surface area contributed by atoms with E-state index in [-0.39, 0.29) is 10.7 Å². The third-order valence-corrected chi connectivity index (χ3v) is 9.20. The number of nitrogens with zero attached hydrogens (tertiary/aromatic N) is 3. The molecule has 1 aliphatic rings. The third kappa shape index (κ3) is 6.06. The average molecular weight is 618 g/mol. The molecule has 44 heavy (non-hydrogen) atoms. The number of benzene rings is 4. The van der Waals surface area contributed by atoms with Crippen LogP contribution in [-0.2, 0) is 15.3 Å². The molecule has 1 amide bonds. The van der Waals surface area contributed by atoms with Crippen LogP contribution in [0.2, 0.25) is 0 Å². The highest BCUT2D eigenvalue weighted by molar-refractivity contribution is 8.00. The zero-order valence-electron chi connectivity index (χ0n) is 23.5. The second-order valence-corrected chi connectivity index (χ2v) is 12.1. The Bertz CT molecular complexity index is 1890. The number of fused-ring (bicyclic) bond motifs is 1. The molecule has 0 saturated carbocycles. The van der Waals surface area contributed by atoms with E-state index in [1.54, 1.807) is 36.4 Å². The normalized spacial score (nSPS) is 15.0. The number of aliphatic hydroxyl groups is 1. The number of carbonyl (C=O) groups excluding carboxylic acids is 2. The summed E-state index contributed by atoms with van der Waals surface area (Å²) in [6, 6.07) is 29.9. The van der Waals surface area contributed by atoms with Gasteiger partial charge in [-0.15, -0.1) is 10.2 Å². The molecule has 9 heteroatoms. The standard InChI is InChI=1S/C35H27N3O4S2/c1-2-21-42-27-18-16-25(17-19-27)31-30(29(39)20-15-23-9-4-3-5-10-23)32(40)33(41)38(31)34-36-37-35(44-34)43-22-26-13-8-12-24-11-6-7-14-28(24)26/h2-20,31,40H,1,21-22H2. The summed E-state index contributed by atoms with van der Waals surface area (Å²) in [7, 11) is 0. The molecule has 5 aromatic rings. The molecule has 218 valence electrons. The number of aromatic nitrogens is 2. The van der Waals surface area contributed by atoms with Crippen molar-refractivity contribution in [3.05, 3.63) is 144 Å². The highest BCUT2D eigenvalue weighted by Gasteiger charge is 2.45. The maximum Gasteiger partial charge on any atom is 0.296 e. The van der Waals surface area contributed by atoms with Gasteiger partial charge in [-0.3, -0.25) is 14.5 Å². The van der Waals surface area contributed by atoms with Crippen molar-refractivity contribution in [1.29, 1.82) is 0 Å². The van der Waals surface area contributed by atoms with E-state index < -0.39 is 23.5 Å². The first-order valence-corrected chi connectivity index (χ1v) is 15.6. The first-order valence-electron chi connectivity index (χ1n) is 13.8. The molecule has 0 fully saturated rings. The lowest BCUT2D eigenvalue weighted by atomic mass is 9.95. The summed E-state index contributed by atoms with van der Waals surface area (Å²) in [5.41, 5.74) is 2.57. The lowest BCUT2D eigenvalue weighted by molar-refractivity contribution is -0.117. The summed E-state index contributed by atoms with van der Waals surface area (Å²) in [6.07, 6.45) is 4.68. The van der Waals surface area contributed by atoms with Crippen molar-refractivity contribution < 1.29 is 19.4 Å². The van der Waals surface area contributed by atoms with Gasteiger partial charge in [0.05, 0.1) is 11.6 Å². The largest absolute Gasteiger partial charge is 0.503 e. The van der Waals surface area contributed by atoms with Crippen LogP contribution < -0.4 is 9.64 Å². The van der Waals surface area contributed by atoms with Crippen molar-refractivity contribution in [1.82, 2.24) is 10.2 Å². The van der Waals surface area contributed by atoms with Gasteiger partial charge >= 0.3 is 0 Å². The lowest BCUT2D eigenvalue weighted by Gasteiger charge is -2.24. The third-order valence-electron chi connectivity index (χ3n) is 7.10. The highest BCUT2D eigenvalue weighted by atomic mass is 32.2. The van der Waals surface area contributed by atoms with Crippen LogP contribution in [0.1, 0.15) is 22.7 Å². The van der Waals surface area contributed by atoms with E-state index in [1.807, 2.05) is 48.5 Å². The molecular formula is C35H27N3O4S2. The number of ketones is 1. The predicted octanol–water partition coefficient (Wildman–Crippen LogP) is 7.73. The minimum Gasteiger partial charge on any atom is -0.503 e. The molecule has 1 aromatic heterocycles. The summed E-state index contributed by atoms with van der Waals surface area (Å²) in [4.78, 5) is 28.5. The second-order valence-electron chi connectivity index (χ2n) is 9.89. The van der Waals surface area contributed by atoms with Gasteiger partial charge in [0, 0.05) is 5.75 Å². The van der Waals surface area contributed by atoms with E-state index in [2.05, 4.69) is 41.0 Å². The van der Waals surface area contributed by atoms with Gasteiger partial charge in [-0.1, -0.05) is 127 Å². The predicted molar refractivity (Wildman–Crippen MR) is 176 cm³/mol. The van der Waals surface area contributed by atoms with E-state index in [9.17, 15) is 14.7 Å². The first kappa shape index (κ1) is 29.1. The number of carbonyl (C=O) groups is 2. The average Bonchev–Trinajstić information content (AvgIpc) is 3.64. The van der Waals surface area contributed by atoms with E-state index >= 15 is 0 Å². The molecule has 0 aliphatic carbocycles. The number of aliphatic hydroxyl groups excluding tert-OH is 1. The van der Waals surface area contributed by atoms with Gasteiger partial charge in [0.1, 0.15) is 12.4 Å². The quantitative estimate of drug-likeness (QED) is 0.0702. The number of anilines is 1. The van der Waals surface area contributed by atoms with Crippen molar-refractivity contribution in [2.24, 2.45) is 0 Å². The second kappa shape index (κ2) is 13.1. The number of hydrogen-bond donors (Lipinski definition) is 1. The van der Waals surface area contributed by atoms with E-state index in [0.29, 0.717) is 28.0 Å². The monoisotopic (exact) mass is 617 g/mol. The zero-order valence-corrected chi connectivity index (χ0v) is 25.1. The van der Waals surface area contributed by atoms with Gasteiger partial charge in [-0.2, -0.15) is 0 Å². The maximum absolute atomic E-state index is 13.6. The first-order chi connectivity index (χ1) is 21.5. The van der Waals surface area contributed by atoms with Crippen LogP contribution in [0.15, 0.2) is 131 Å². The Balaban J connectivity index is 1.30. The van der Waals surface area contributed by atoms with Crippen molar-refractivity contribution in [2.75, 3.05) is 11.5 Å². The minimum absolute atomic E-state index is 0.0258. The number of ether oxygens (including phenoxy) is 1. The van der Waals surface area contributed by atoms with Crippen molar-refractivity contribution in [2.45, 2.75) is 16.1 Å². The molecule has 7 nitrogen and oxygen atoms in total. The molecule has 6 rings (SSSR count). The van der Waals surface area contributed by atoms with Gasteiger partial charge in [0.15, 0.2) is 15.9 Å². The van der Waals surface area contributed by atoms with Gasteiger partial charge in [-0.25, -0.2) is 0 Å². The van der Waals surface area contributed by atoms with Crippen LogP contribution in [0.4, 0.5) is 5.13 Å². The molecule has 2 heterocycles. The Morgan fingerprint density at radius 2 is 1.73 bits per heavy atom. The Kier molecular flexibility index (Phi) is 8.67. The molecule has 0 bridgehead atoms. The van der Waals surface area contributed by atoms with Crippen LogP contribution in [-0.4, -0.2) is 33.6 Å². The summed E-state index contributed by atoms with van der Waals surface area (Å²) in [5, 5.41) is 22.4. The Morgan fingerprint density at radius 1 is 0.977 bits per heavy atom. The topological polar surface area (TPSA) is 92.6 Å². The summed E-state index contributed by atoms with van der Waals surface area (Å²) >= 11 is 2.76. The van der Waals surface area contributed by atoms with E-state index in [4.69, 9.17) is 4.74 Å². The zero-order chi connectivity index (χ0) is 30.5. The number of thioether (sulfide) groups is 1. The number of rotatable bonds is 11. The van der Waals surface area contributed by atoms with Crippen LogP contribution in [0.5, 0.6) is 5.75 Å². The fourth-order valence-electron chi connectivity index (χ4n) is 5.01. The Hall–Kier alpha value is -4.99. The van der Waals surface area contributed by atoms with Crippen LogP contribution >= 0.6 is 23.1 Å². The molecule has 4 aromatic carbocycles. The minimum atomic E-state index is -0.909. The molecule has 0 saturated heterocycles. The van der Waals surface area contributed by atoms with Crippen LogP contribution in [0.3, 0.4) is 0 Å².